The van der Waals surface area contributed by atoms with Crippen molar-refractivity contribution in [1.29, 1.82) is 0 Å². The van der Waals surface area contributed by atoms with Crippen molar-refractivity contribution in [3.05, 3.63) is 30.0 Å². The second-order valence-electron chi connectivity index (χ2n) is 8.14. The van der Waals surface area contributed by atoms with E-state index in [4.69, 9.17) is 24.2 Å². The van der Waals surface area contributed by atoms with Gasteiger partial charge >= 0.3 is 0 Å². The fourth-order valence-corrected chi connectivity index (χ4v) is 4.72. The highest BCUT2D eigenvalue weighted by Gasteiger charge is 2.20. The van der Waals surface area contributed by atoms with Gasteiger partial charge in [-0.25, -0.2) is 14.6 Å². The minimum Gasteiger partial charge on any atom is -0.493 e. The summed E-state index contributed by atoms with van der Waals surface area (Å²) in [4.78, 5) is 24.3. The minimum atomic E-state index is -0.213. The van der Waals surface area contributed by atoms with Gasteiger partial charge in [0.25, 0.3) is 0 Å². The molecule has 2 aromatic heterocycles. The number of fused-ring (bicyclic) bond motifs is 1. The molecule has 0 aliphatic carbocycles. The van der Waals surface area contributed by atoms with E-state index in [1.54, 1.807) is 51.3 Å². The lowest BCUT2D eigenvalue weighted by Crippen LogP contribution is -2.26. The number of nitrogens with zero attached hydrogens (tertiary/aromatic N) is 5. The molecule has 0 atom stereocenters. The van der Waals surface area contributed by atoms with E-state index in [0.29, 0.717) is 30.3 Å². The zero-order valence-corrected chi connectivity index (χ0v) is 21.9. The third kappa shape index (κ3) is 5.67. The molecule has 3 aromatic rings. The summed E-state index contributed by atoms with van der Waals surface area (Å²) in [6.45, 7) is 5.00. The van der Waals surface area contributed by atoms with Gasteiger partial charge in [-0.3, -0.25) is 4.79 Å². The van der Waals surface area contributed by atoms with E-state index in [9.17, 15) is 4.79 Å². The Hall–Kier alpha value is -3.47. The van der Waals surface area contributed by atoms with Crippen LogP contribution in [0, 0.1) is 0 Å². The van der Waals surface area contributed by atoms with Gasteiger partial charge in [0, 0.05) is 25.7 Å². The average molecular weight is 513 g/mol. The Bertz CT molecular complexity index is 1210. The summed E-state index contributed by atoms with van der Waals surface area (Å²) >= 11 is 1.62. The number of carbonyl (C=O) groups excluding carboxylic acids is 1. The number of amides is 1. The molecular weight excluding hydrogens is 480 g/mol. The van der Waals surface area contributed by atoms with E-state index in [-0.39, 0.29) is 5.91 Å². The van der Waals surface area contributed by atoms with Crippen LogP contribution in [0.25, 0.3) is 17.1 Å². The van der Waals surface area contributed by atoms with Gasteiger partial charge in [0.1, 0.15) is 5.82 Å². The summed E-state index contributed by atoms with van der Waals surface area (Å²) in [6, 6.07) is 3.56. The van der Waals surface area contributed by atoms with Crippen molar-refractivity contribution in [1.82, 2.24) is 25.1 Å². The zero-order valence-electron chi connectivity index (χ0n) is 21.1. The number of hydrogen-bond donors (Lipinski definition) is 1. The van der Waals surface area contributed by atoms with Crippen LogP contribution in [0.5, 0.6) is 17.2 Å². The molecule has 0 spiro atoms. The standard InChI is InChI=1S/C25H32N6O4S/c1-5-36-25-28-23(30-11-6-7-12-30)18-16-27-31(24(18)29-25)13-10-26-21(32)9-8-17-14-19(33-2)22(35-4)20(15-17)34-3/h8-9,14-16H,5-7,10-13H2,1-4H3,(H,26,32)/b9-8-. The molecule has 1 aliphatic rings. The van der Waals surface area contributed by atoms with E-state index in [1.807, 2.05) is 10.9 Å². The van der Waals surface area contributed by atoms with Gasteiger partial charge in [0.05, 0.1) is 39.5 Å². The average Bonchev–Trinajstić information content (AvgIpc) is 3.57. The number of nitrogens with one attached hydrogen (secondary N) is 1. The number of rotatable bonds is 11. The molecular formula is C25H32N6O4S. The van der Waals surface area contributed by atoms with Crippen molar-refractivity contribution in [3.63, 3.8) is 0 Å². The lowest BCUT2D eigenvalue weighted by atomic mass is 10.1. The first kappa shape index (κ1) is 25.6. The molecule has 36 heavy (non-hydrogen) atoms. The van der Waals surface area contributed by atoms with Crippen molar-refractivity contribution < 1.29 is 19.0 Å². The number of ether oxygens (including phenoxy) is 3. The van der Waals surface area contributed by atoms with E-state index < -0.39 is 0 Å². The number of benzene rings is 1. The van der Waals surface area contributed by atoms with Crippen LogP contribution in [-0.2, 0) is 11.3 Å². The Morgan fingerprint density at radius 2 is 1.83 bits per heavy atom. The molecule has 11 heteroatoms. The third-order valence-corrected chi connectivity index (χ3v) is 6.60. The van der Waals surface area contributed by atoms with Crippen LogP contribution in [0.3, 0.4) is 0 Å². The van der Waals surface area contributed by atoms with Crippen molar-refractivity contribution in [2.75, 3.05) is 51.6 Å². The number of thioether (sulfide) groups is 1. The fourth-order valence-electron chi connectivity index (χ4n) is 4.16. The largest absolute Gasteiger partial charge is 0.493 e. The molecule has 1 fully saturated rings. The first-order chi connectivity index (χ1) is 17.6. The highest BCUT2D eigenvalue weighted by Crippen LogP contribution is 2.38. The first-order valence-corrected chi connectivity index (χ1v) is 12.9. The molecule has 0 radical (unpaired) electrons. The van der Waals surface area contributed by atoms with E-state index >= 15 is 0 Å². The van der Waals surface area contributed by atoms with Crippen LogP contribution < -0.4 is 24.4 Å². The second kappa shape index (κ2) is 12.0. The minimum absolute atomic E-state index is 0.213. The SMILES string of the molecule is CCSc1nc(N2CCCC2)c2cnn(CCNC(=O)/C=C\c3cc(OC)c(OC)c(OC)c3)c2n1. The summed E-state index contributed by atoms with van der Waals surface area (Å²) in [7, 11) is 4.66. The second-order valence-corrected chi connectivity index (χ2v) is 9.38. The maximum Gasteiger partial charge on any atom is 0.244 e. The van der Waals surface area contributed by atoms with Crippen molar-refractivity contribution in [2.24, 2.45) is 0 Å². The Kier molecular flexibility index (Phi) is 8.52. The van der Waals surface area contributed by atoms with Crippen molar-refractivity contribution >= 4 is 40.6 Å². The zero-order chi connectivity index (χ0) is 25.5. The number of hydrogen-bond acceptors (Lipinski definition) is 9. The van der Waals surface area contributed by atoms with Gasteiger partial charge in [-0.2, -0.15) is 5.10 Å². The summed E-state index contributed by atoms with van der Waals surface area (Å²) in [5.41, 5.74) is 1.55. The lowest BCUT2D eigenvalue weighted by Gasteiger charge is -2.17. The Morgan fingerprint density at radius 1 is 1.11 bits per heavy atom. The molecule has 1 aliphatic heterocycles. The molecule has 1 aromatic carbocycles. The van der Waals surface area contributed by atoms with Crippen molar-refractivity contribution in [3.8, 4) is 17.2 Å². The Morgan fingerprint density at radius 3 is 2.47 bits per heavy atom. The van der Waals surface area contributed by atoms with Gasteiger partial charge in [-0.15, -0.1) is 0 Å². The quantitative estimate of drug-likeness (QED) is 0.235. The molecule has 0 bridgehead atoms. The number of carbonyl (C=O) groups is 1. The fraction of sp³-hybridized carbons (Fsp3) is 0.440. The van der Waals surface area contributed by atoms with Gasteiger partial charge in [-0.1, -0.05) is 18.7 Å². The molecule has 192 valence electrons. The summed E-state index contributed by atoms with van der Waals surface area (Å²) < 4.78 is 17.9. The summed E-state index contributed by atoms with van der Waals surface area (Å²) in [6.07, 6.45) is 7.35. The molecule has 4 rings (SSSR count). The van der Waals surface area contributed by atoms with Crippen LogP contribution in [0.2, 0.25) is 0 Å². The van der Waals surface area contributed by atoms with Crippen LogP contribution >= 0.6 is 11.8 Å². The molecule has 3 heterocycles. The lowest BCUT2D eigenvalue weighted by molar-refractivity contribution is -0.116. The van der Waals surface area contributed by atoms with E-state index in [1.165, 1.54) is 18.9 Å². The molecule has 1 amide bonds. The van der Waals surface area contributed by atoms with Gasteiger partial charge in [0.2, 0.25) is 11.7 Å². The molecule has 1 saturated heterocycles. The topological polar surface area (TPSA) is 104 Å². The molecule has 0 saturated carbocycles. The predicted octanol–water partition coefficient (Wildman–Crippen LogP) is 3.39. The smallest absolute Gasteiger partial charge is 0.244 e. The monoisotopic (exact) mass is 512 g/mol. The first-order valence-electron chi connectivity index (χ1n) is 11.9. The Labute approximate surface area is 215 Å². The van der Waals surface area contributed by atoms with Crippen LogP contribution in [0.4, 0.5) is 5.82 Å². The number of methoxy groups -OCH3 is 3. The van der Waals surface area contributed by atoms with E-state index in [0.717, 1.165) is 46.4 Å². The van der Waals surface area contributed by atoms with Crippen LogP contribution in [-0.4, -0.2) is 72.4 Å². The maximum atomic E-state index is 12.5. The normalized spacial score (nSPS) is 13.5. The van der Waals surface area contributed by atoms with Gasteiger partial charge in [-0.05, 0) is 42.4 Å². The maximum absolute atomic E-state index is 12.5. The molecule has 10 nitrogen and oxygen atoms in total. The Balaban J connectivity index is 1.43. The molecule has 0 unspecified atom stereocenters. The van der Waals surface area contributed by atoms with Crippen LogP contribution in [0.15, 0.2) is 29.6 Å². The highest BCUT2D eigenvalue weighted by molar-refractivity contribution is 7.99. The van der Waals surface area contributed by atoms with Gasteiger partial charge in [0.15, 0.2) is 22.3 Å². The summed E-state index contributed by atoms with van der Waals surface area (Å²) in [5.74, 6) is 3.20. The predicted molar refractivity (Wildman–Crippen MR) is 141 cm³/mol. The van der Waals surface area contributed by atoms with Crippen LogP contribution in [0.1, 0.15) is 25.3 Å². The number of aromatic nitrogens is 4. The van der Waals surface area contributed by atoms with Gasteiger partial charge < -0.3 is 24.4 Å². The molecule has 1 N–H and O–H groups in total. The van der Waals surface area contributed by atoms with Crippen molar-refractivity contribution in [2.45, 2.75) is 31.5 Å². The van der Waals surface area contributed by atoms with E-state index in [2.05, 4.69) is 22.2 Å². The third-order valence-electron chi connectivity index (χ3n) is 5.87. The number of anilines is 1. The highest BCUT2D eigenvalue weighted by atomic mass is 32.2. The summed E-state index contributed by atoms with van der Waals surface area (Å²) in [5, 5.41) is 9.16.